The molecule has 0 spiro atoms. The van der Waals surface area contributed by atoms with Gasteiger partial charge in [0.1, 0.15) is 0 Å². The van der Waals surface area contributed by atoms with Crippen LogP contribution in [0.1, 0.15) is 47.2 Å². The van der Waals surface area contributed by atoms with E-state index >= 15 is 0 Å². The summed E-state index contributed by atoms with van der Waals surface area (Å²) in [5.74, 6) is 0. The fraction of sp³-hybridized carbons (Fsp3) is 0.444. The SMILES string of the molecule is Cc1cc(NCc2ccc(C(C)(C)C)s2)cc(C)c1C. The molecule has 1 aromatic carbocycles. The minimum atomic E-state index is 0.250. The second-order valence-electron chi connectivity index (χ2n) is 6.60. The third-order valence-corrected chi connectivity index (χ3v) is 5.31. The third-order valence-electron chi connectivity index (χ3n) is 3.79. The maximum atomic E-state index is 3.55. The van der Waals surface area contributed by atoms with Crippen LogP contribution in [0.2, 0.25) is 0 Å². The smallest absolute Gasteiger partial charge is 0.0494 e. The van der Waals surface area contributed by atoms with Crippen molar-refractivity contribution in [2.24, 2.45) is 0 Å². The zero-order valence-electron chi connectivity index (χ0n) is 13.4. The van der Waals surface area contributed by atoms with Crippen molar-refractivity contribution < 1.29 is 0 Å². The Labute approximate surface area is 127 Å². The lowest BCUT2D eigenvalue weighted by Gasteiger charge is -2.15. The van der Waals surface area contributed by atoms with Gasteiger partial charge in [0.05, 0.1) is 0 Å². The summed E-state index contributed by atoms with van der Waals surface area (Å²) in [6, 6.07) is 8.97. The minimum Gasteiger partial charge on any atom is -0.380 e. The van der Waals surface area contributed by atoms with Crippen molar-refractivity contribution in [1.82, 2.24) is 0 Å². The van der Waals surface area contributed by atoms with E-state index in [2.05, 4.69) is 71.1 Å². The molecule has 2 aromatic rings. The number of anilines is 1. The van der Waals surface area contributed by atoms with E-state index in [0.29, 0.717) is 0 Å². The summed E-state index contributed by atoms with van der Waals surface area (Å²) in [5.41, 5.74) is 5.57. The summed E-state index contributed by atoms with van der Waals surface area (Å²) in [6.45, 7) is 14.2. The molecule has 0 aliphatic carbocycles. The van der Waals surface area contributed by atoms with Crippen LogP contribution in [0.15, 0.2) is 24.3 Å². The maximum Gasteiger partial charge on any atom is 0.0494 e. The topological polar surface area (TPSA) is 12.0 Å². The van der Waals surface area contributed by atoms with Gasteiger partial charge in [-0.1, -0.05) is 20.8 Å². The molecule has 2 rings (SSSR count). The Morgan fingerprint density at radius 3 is 2.10 bits per heavy atom. The van der Waals surface area contributed by atoms with E-state index < -0.39 is 0 Å². The molecule has 1 aromatic heterocycles. The Balaban J connectivity index is 2.08. The first-order valence-electron chi connectivity index (χ1n) is 7.18. The number of aryl methyl sites for hydroxylation is 2. The lowest BCUT2D eigenvalue weighted by Crippen LogP contribution is -2.07. The molecule has 0 saturated carbocycles. The van der Waals surface area contributed by atoms with Gasteiger partial charge >= 0.3 is 0 Å². The molecule has 1 N–H and O–H groups in total. The summed E-state index contributed by atoms with van der Waals surface area (Å²) >= 11 is 1.91. The average molecular weight is 287 g/mol. The van der Waals surface area contributed by atoms with Crippen LogP contribution in [0, 0.1) is 20.8 Å². The molecular weight excluding hydrogens is 262 g/mol. The number of benzene rings is 1. The molecular formula is C18H25NS. The number of nitrogens with one attached hydrogen (secondary N) is 1. The lowest BCUT2D eigenvalue weighted by atomic mass is 9.95. The monoisotopic (exact) mass is 287 g/mol. The standard InChI is InChI=1S/C18H25NS/c1-12-9-15(10-13(2)14(12)3)19-11-16-7-8-17(20-16)18(4,5)6/h7-10,19H,11H2,1-6H3. The van der Waals surface area contributed by atoms with Crippen molar-refractivity contribution in [1.29, 1.82) is 0 Å². The van der Waals surface area contributed by atoms with Crippen molar-refractivity contribution in [2.45, 2.75) is 53.5 Å². The summed E-state index contributed by atoms with van der Waals surface area (Å²) in [5, 5.41) is 3.55. The molecule has 0 bridgehead atoms. The first-order chi connectivity index (χ1) is 9.27. The van der Waals surface area contributed by atoms with Gasteiger partial charge in [-0.25, -0.2) is 0 Å². The van der Waals surface area contributed by atoms with E-state index in [-0.39, 0.29) is 5.41 Å². The highest BCUT2D eigenvalue weighted by atomic mass is 32.1. The van der Waals surface area contributed by atoms with Gasteiger partial charge in [-0.15, -0.1) is 11.3 Å². The van der Waals surface area contributed by atoms with Gasteiger partial charge < -0.3 is 5.32 Å². The fourth-order valence-electron chi connectivity index (χ4n) is 2.20. The zero-order valence-corrected chi connectivity index (χ0v) is 14.2. The molecule has 2 heteroatoms. The third kappa shape index (κ3) is 3.43. The average Bonchev–Trinajstić information content (AvgIpc) is 2.82. The normalized spacial score (nSPS) is 11.7. The highest BCUT2D eigenvalue weighted by molar-refractivity contribution is 7.12. The van der Waals surface area contributed by atoms with Crippen LogP contribution in [0.3, 0.4) is 0 Å². The first-order valence-corrected chi connectivity index (χ1v) is 8.00. The van der Waals surface area contributed by atoms with E-state index in [0.717, 1.165) is 6.54 Å². The predicted octanol–water partition coefficient (Wildman–Crippen LogP) is 5.58. The van der Waals surface area contributed by atoms with Crippen LogP contribution in [0.25, 0.3) is 0 Å². The van der Waals surface area contributed by atoms with E-state index in [1.54, 1.807) is 0 Å². The summed E-state index contributed by atoms with van der Waals surface area (Å²) in [7, 11) is 0. The second-order valence-corrected chi connectivity index (χ2v) is 7.77. The highest BCUT2D eigenvalue weighted by Crippen LogP contribution is 2.30. The molecule has 0 fully saturated rings. The molecule has 0 atom stereocenters. The maximum absolute atomic E-state index is 3.55. The van der Waals surface area contributed by atoms with Gasteiger partial charge in [0.25, 0.3) is 0 Å². The van der Waals surface area contributed by atoms with Crippen LogP contribution in [0.4, 0.5) is 5.69 Å². The second kappa shape index (κ2) is 5.61. The lowest BCUT2D eigenvalue weighted by molar-refractivity contribution is 0.604. The molecule has 20 heavy (non-hydrogen) atoms. The molecule has 0 unspecified atom stereocenters. The first kappa shape index (κ1) is 15.1. The van der Waals surface area contributed by atoms with Crippen LogP contribution in [-0.2, 0) is 12.0 Å². The van der Waals surface area contributed by atoms with E-state index in [1.165, 1.54) is 32.1 Å². The molecule has 0 saturated heterocycles. The molecule has 108 valence electrons. The molecule has 0 amide bonds. The number of hydrogen-bond donors (Lipinski definition) is 1. The van der Waals surface area contributed by atoms with Gasteiger partial charge in [0.15, 0.2) is 0 Å². The highest BCUT2D eigenvalue weighted by Gasteiger charge is 2.15. The van der Waals surface area contributed by atoms with Gasteiger partial charge in [-0.3, -0.25) is 0 Å². The van der Waals surface area contributed by atoms with Gasteiger partial charge in [-0.2, -0.15) is 0 Å². The van der Waals surface area contributed by atoms with Crippen molar-refractivity contribution in [3.8, 4) is 0 Å². The molecule has 0 aliphatic heterocycles. The Bertz CT molecular complexity index is 579. The van der Waals surface area contributed by atoms with Crippen molar-refractivity contribution in [2.75, 3.05) is 5.32 Å². The fourth-order valence-corrected chi connectivity index (χ4v) is 3.21. The van der Waals surface area contributed by atoms with E-state index in [9.17, 15) is 0 Å². The van der Waals surface area contributed by atoms with Gasteiger partial charge in [0, 0.05) is 22.0 Å². The molecule has 0 radical (unpaired) electrons. The van der Waals surface area contributed by atoms with E-state index in [4.69, 9.17) is 0 Å². The summed E-state index contributed by atoms with van der Waals surface area (Å²) in [4.78, 5) is 2.84. The Hall–Kier alpha value is -1.28. The Kier molecular flexibility index (Phi) is 4.24. The van der Waals surface area contributed by atoms with Crippen LogP contribution in [0.5, 0.6) is 0 Å². The van der Waals surface area contributed by atoms with Gasteiger partial charge in [-0.05, 0) is 67.1 Å². The van der Waals surface area contributed by atoms with Crippen molar-refractivity contribution in [3.63, 3.8) is 0 Å². The minimum absolute atomic E-state index is 0.250. The number of hydrogen-bond acceptors (Lipinski definition) is 2. The summed E-state index contributed by atoms with van der Waals surface area (Å²) in [6.07, 6.45) is 0. The molecule has 1 heterocycles. The largest absolute Gasteiger partial charge is 0.380 e. The van der Waals surface area contributed by atoms with Crippen LogP contribution >= 0.6 is 11.3 Å². The number of thiophene rings is 1. The summed E-state index contributed by atoms with van der Waals surface area (Å²) < 4.78 is 0. The predicted molar refractivity (Wildman–Crippen MR) is 91.0 cm³/mol. The van der Waals surface area contributed by atoms with Crippen LogP contribution < -0.4 is 5.32 Å². The number of rotatable bonds is 3. The van der Waals surface area contributed by atoms with E-state index in [1.807, 2.05) is 11.3 Å². The Morgan fingerprint density at radius 2 is 1.60 bits per heavy atom. The quantitative estimate of drug-likeness (QED) is 0.776. The van der Waals surface area contributed by atoms with Crippen LogP contribution in [-0.4, -0.2) is 0 Å². The molecule has 0 aliphatic rings. The Morgan fingerprint density at radius 1 is 1.00 bits per heavy atom. The van der Waals surface area contributed by atoms with Crippen molar-refractivity contribution >= 4 is 17.0 Å². The molecule has 1 nitrogen and oxygen atoms in total. The van der Waals surface area contributed by atoms with Crippen molar-refractivity contribution in [3.05, 3.63) is 50.7 Å². The zero-order chi connectivity index (χ0) is 14.9. The van der Waals surface area contributed by atoms with Gasteiger partial charge in [0.2, 0.25) is 0 Å².